The average molecular weight is 260 g/mol. The fraction of sp³-hybridized carbons (Fsp3) is 0.562. The Morgan fingerprint density at radius 2 is 1.95 bits per heavy atom. The van der Waals surface area contributed by atoms with Crippen LogP contribution in [0.15, 0.2) is 30.3 Å². The van der Waals surface area contributed by atoms with Gasteiger partial charge in [0.05, 0.1) is 6.04 Å². The van der Waals surface area contributed by atoms with Gasteiger partial charge in [-0.15, -0.1) is 0 Å². The number of nitrogens with one attached hydrogen (secondary N) is 1. The van der Waals surface area contributed by atoms with Gasteiger partial charge in [-0.25, -0.2) is 0 Å². The molecule has 1 aliphatic carbocycles. The van der Waals surface area contributed by atoms with Crippen LogP contribution in [-0.4, -0.2) is 11.4 Å². The molecule has 19 heavy (non-hydrogen) atoms. The van der Waals surface area contributed by atoms with Crippen molar-refractivity contribution in [3.8, 4) is 0 Å². The summed E-state index contributed by atoms with van der Waals surface area (Å²) in [5.41, 5.74) is 7.04. The molecule has 3 nitrogen and oxygen atoms in total. The summed E-state index contributed by atoms with van der Waals surface area (Å²) in [5, 5.41) is 3.14. The lowest BCUT2D eigenvalue weighted by Gasteiger charge is -2.38. The quantitative estimate of drug-likeness (QED) is 0.855. The lowest BCUT2D eigenvalue weighted by atomic mass is 9.75. The van der Waals surface area contributed by atoms with E-state index >= 15 is 0 Å². The molecule has 2 rings (SSSR count). The van der Waals surface area contributed by atoms with Gasteiger partial charge in [0.1, 0.15) is 0 Å². The molecule has 3 heteroatoms. The first-order chi connectivity index (χ1) is 9.00. The van der Waals surface area contributed by atoms with Crippen molar-refractivity contribution in [1.82, 2.24) is 5.32 Å². The van der Waals surface area contributed by atoms with Gasteiger partial charge in [-0.05, 0) is 30.7 Å². The second-order valence-corrected chi connectivity index (χ2v) is 6.09. The third-order valence-electron chi connectivity index (χ3n) is 4.00. The van der Waals surface area contributed by atoms with Gasteiger partial charge in [-0.3, -0.25) is 4.79 Å². The zero-order chi connectivity index (χ0) is 13.9. The lowest BCUT2D eigenvalue weighted by molar-refractivity contribution is -0.124. The van der Waals surface area contributed by atoms with Gasteiger partial charge in [0.15, 0.2) is 0 Å². The van der Waals surface area contributed by atoms with Crippen molar-refractivity contribution >= 4 is 5.91 Å². The van der Waals surface area contributed by atoms with Crippen LogP contribution in [0.3, 0.4) is 0 Å². The molecule has 1 atom stereocenters. The maximum Gasteiger partial charge on any atom is 0.222 e. The van der Waals surface area contributed by atoms with Crippen LogP contribution in [0.25, 0.3) is 0 Å². The van der Waals surface area contributed by atoms with E-state index in [-0.39, 0.29) is 17.5 Å². The van der Waals surface area contributed by atoms with Crippen molar-refractivity contribution in [3.63, 3.8) is 0 Å². The highest BCUT2D eigenvalue weighted by atomic mass is 16.1. The predicted octanol–water partition coefficient (Wildman–Crippen LogP) is 2.77. The zero-order valence-corrected chi connectivity index (χ0v) is 11.9. The molecule has 0 heterocycles. The van der Waals surface area contributed by atoms with Crippen LogP contribution in [0.5, 0.6) is 0 Å². The molecule has 1 aromatic rings. The van der Waals surface area contributed by atoms with Crippen LogP contribution in [0, 0.1) is 5.92 Å². The molecule has 104 valence electrons. The monoisotopic (exact) mass is 260 g/mol. The van der Waals surface area contributed by atoms with Gasteiger partial charge in [0.2, 0.25) is 5.91 Å². The highest BCUT2D eigenvalue weighted by molar-refractivity contribution is 5.78. The SMILES string of the molecule is CC(C)C(NC(=O)CC1(N)CCC1)c1ccccc1. The van der Waals surface area contributed by atoms with Gasteiger partial charge in [0.25, 0.3) is 0 Å². The Morgan fingerprint density at radius 1 is 1.32 bits per heavy atom. The number of nitrogens with two attached hydrogens (primary N) is 1. The number of rotatable bonds is 5. The van der Waals surface area contributed by atoms with Crippen molar-refractivity contribution in [1.29, 1.82) is 0 Å². The van der Waals surface area contributed by atoms with Crippen molar-refractivity contribution in [2.24, 2.45) is 11.7 Å². The summed E-state index contributed by atoms with van der Waals surface area (Å²) in [7, 11) is 0. The molecule has 1 aliphatic rings. The first-order valence-corrected chi connectivity index (χ1v) is 7.13. The topological polar surface area (TPSA) is 55.1 Å². The third-order valence-corrected chi connectivity index (χ3v) is 4.00. The van der Waals surface area contributed by atoms with E-state index in [1.165, 1.54) is 0 Å². The Kier molecular flexibility index (Phi) is 4.25. The highest BCUT2D eigenvalue weighted by Crippen LogP contribution is 2.32. The van der Waals surface area contributed by atoms with Gasteiger partial charge in [-0.2, -0.15) is 0 Å². The van der Waals surface area contributed by atoms with Crippen LogP contribution < -0.4 is 11.1 Å². The normalized spacial score (nSPS) is 18.7. The van der Waals surface area contributed by atoms with Gasteiger partial charge in [-0.1, -0.05) is 44.2 Å². The molecule has 0 radical (unpaired) electrons. The Balaban J connectivity index is 1.99. The maximum absolute atomic E-state index is 12.1. The van der Waals surface area contributed by atoms with Gasteiger partial charge in [0, 0.05) is 12.0 Å². The smallest absolute Gasteiger partial charge is 0.222 e. The Bertz CT molecular complexity index is 424. The number of carbonyl (C=O) groups excluding carboxylic acids is 1. The summed E-state index contributed by atoms with van der Waals surface area (Å²) in [6.07, 6.45) is 3.54. The van der Waals surface area contributed by atoms with Gasteiger partial charge < -0.3 is 11.1 Å². The molecule has 1 amide bonds. The molecule has 0 spiro atoms. The predicted molar refractivity (Wildman–Crippen MR) is 77.6 cm³/mol. The molecule has 0 aromatic heterocycles. The van der Waals surface area contributed by atoms with E-state index in [4.69, 9.17) is 5.73 Å². The molecule has 1 fully saturated rings. The summed E-state index contributed by atoms with van der Waals surface area (Å²) in [6.45, 7) is 4.25. The molecule has 1 aromatic carbocycles. The highest BCUT2D eigenvalue weighted by Gasteiger charge is 2.35. The molecular formula is C16H24N2O. The Labute approximate surface area is 115 Å². The Hall–Kier alpha value is -1.35. The second-order valence-electron chi connectivity index (χ2n) is 6.09. The van der Waals surface area contributed by atoms with Crippen LogP contribution in [0.4, 0.5) is 0 Å². The summed E-state index contributed by atoms with van der Waals surface area (Å²) in [5.74, 6) is 0.436. The van der Waals surface area contributed by atoms with Crippen LogP contribution in [0.2, 0.25) is 0 Å². The van der Waals surface area contributed by atoms with Crippen molar-refractivity contribution < 1.29 is 4.79 Å². The van der Waals surface area contributed by atoms with E-state index < -0.39 is 0 Å². The third kappa shape index (κ3) is 3.57. The molecule has 0 saturated heterocycles. The zero-order valence-electron chi connectivity index (χ0n) is 11.9. The van der Waals surface area contributed by atoms with E-state index in [2.05, 4.69) is 31.3 Å². The number of hydrogen-bond acceptors (Lipinski definition) is 2. The first kappa shape index (κ1) is 14.1. The van der Waals surface area contributed by atoms with E-state index in [9.17, 15) is 4.79 Å². The molecular weight excluding hydrogens is 236 g/mol. The first-order valence-electron chi connectivity index (χ1n) is 7.13. The fourth-order valence-corrected chi connectivity index (χ4v) is 2.65. The number of benzene rings is 1. The maximum atomic E-state index is 12.1. The minimum atomic E-state index is -0.248. The van der Waals surface area contributed by atoms with Gasteiger partial charge >= 0.3 is 0 Å². The molecule has 0 aliphatic heterocycles. The van der Waals surface area contributed by atoms with Crippen LogP contribution in [-0.2, 0) is 4.79 Å². The van der Waals surface area contributed by atoms with Crippen molar-refractivity contribution in [2.45, 2.75) is 51.1 Å². The van der Waals surface area contributed by atoms with E-state index in [1.54, 1.807) is 0 Å². The van der Waals surface area contributed by atoms with Crippen molar-refractivity contribution in [3.05, 3.63) is 35.9 Å². The number of amides is 1. The molecule has 1 saturated carbocycles. The standard InChI is InChI=1S/C16H24N2O/c1-12(2)15(13-7-4-3-5-8-13)18-14(19)11-16(17)9-6-10-16/h3-5,7-8,12,15H,6,9-11,17H2,1-2H3,(H,18,19). The fourth-order valence-electron chi connectivity index (χ4n) is 2.65. The van der Waals surface area contributed by atoms with Crippen LogP contribution in [0.1, 0.15) is 51.1 Å². The summed E-state index contributed by atoms with van der Waals surface area (Å²) < 4.78 is 0. The molecule has 3 N–H and O–H groups in total. The van der Waals surface area contributed by atoms with Crippen LogP contribution >= 0.6 is 0 Å². The summed E-state index contributed by atoms with van der Waals surface area (Å²) in [6, 6.07) is 10.2. The summed E-state index contributed by atoms with van der Waals surface area (Å²) >= 11 is 0. The molecule has 0 bridgehead atoms. The number of hydrogen-bond donors (Lipinski definition) is 2. The minimum Gasteiger partial charge on any atom is -0.349 e. The number of carbonyl (C=O) groups is 1. The molecule has 1 unspecified atom stereocenters. The lowest BCUT2D eigenvalue weighted by Crippen LogP contribution is -2.50. The van der Waals surface area contributed by atoms with E-state index in [0.29, 0.717) is 12.3 Å². The average Bonchev–Trinajstić information content (AvgIpc) is 2.35. The minimum absolute atomic E-state index is 0.0670. The largest absolute Gasteiger partial charge is 0.349 e. The van der Waals surface area contributed by atoms with Crippen molar-refractivity contribution in [2.75, 3.05) is 0 Å². The van der Waals surface area contributed by atoms with E-state index in [1.807, 2.05) is 18.2 Å². The van der Waals surface area contributed by atoms with E-state index in [0.717, 1.165) is 24.8 Å². The second kappa shape index (κ2) is 5.74. The Morgan fingerprint density at radius 3 is 2.42 bits per heavy atom. The summed E-state index contributed by atoms with van der Waals surface area (Å²) in [4.78, 5) is 12.1.